The van der Waals surface area contributed by atoms with Crippen molar-refractivity contribution in [2.24, 2.45) is 23.7 Å². The molecule has 3 aromatic carbocycles. The number of carbonyl (C=O) groups is 3. The topological polar surface area (TPSA) is 170 Å². The second-order valence-corrected chi connectivity index (χ2v) is 19.9. The summed E-state index contributed by atoms with van der Waals surface area (Å²) in [7, 11) is 1.95. The molecule has 346 valence electrons. The number of nitrogens with zero attached hydrogens (tertiary/aromatic N) is 7. The predicted molar refractivity (Wildman–Crippen MR) is 252 cm³/mol. The van der Waals surface area contributed by atoms with Crippen LogP contribution in [-0.2, 0) is 9.59 Å². The van der Waals surface area contributed by atoms with Crippen LogP contribution < -0.4 is 35.2 Å². The standard InChI is InChI=1S/C51H61N9O6/c1-51(19-13-44(62)53-49(51)63)60-25-26-65-47-40(10-6-11-41(47)60)57-20-14-33(15-21-57)56(2)50(64)58-22-16-34(17-23-58)66-35-8-5-7-31(27-35)45-38-28-32-30-59(24-18-36(38)46(32)45)42-29-39(54-55-48(42)52)37-9-3-4-12-43(37)61/h3-12,27,29,32-34,36,38,45-46,61H,13-26,28,30H2,1-2H3,(H2,52,55)(H,53,62,63)/t32-,36+,38+,45?,46?,51+/m0/s1. The summed E-state index contributed by atoms with van der Waals surface area (Å²) in [6.07, 6.45) is 6.44. The lowest BCUT2D eigenvalue weighted by molar-refractivity contribution is -0.137. The van der Waals surface area contributed by atoms with Gasteiger partial charge in [0.2, 0.25) is 5.91 Å². The summed E-state index contributed by atoms with van der Waals surface area (Å²) in [5.41, 5.74) is 11.1. The highest BCUT2D eigenvalue weighted by Gasteiger charge is 2.61. The zero-order valence-corrected chi connectivity index (χ0v) is 38.0. The maximum Gasteiger partial charge on any atom is 0.319 e. The van der Waals surface area contributed by atoms with E-state index in [1.807, 2.05) is 54.1 Å². The number of phenols is 1. The molecule has 15 nitrogen and oxygen atoms in total. The summed E-state index contributed by atoms with van der Waals surface area (Å²) in [6, 6.07) is 24.3. The second-order valence-electron chi connectivity index (χ2n) is 19.9. The SMILES string of the molecule is CN(C(=O)N1CCC(Oc2cccc(C3C4[C@H]5C[C@@H]3[C@H]4CCN(c3cc(-c4ccccc4O)nnc3N)C5)c2)CC1)C1CCN(c2cccc3c2OCCN3[C@]2(C)CCC(=O)NC2=O)CC1. The smallest absolute Gasteiger partial charge is 0.319 e. The van der Waals surface area contributed by atoms with Gasteiger partial charge in [-0.2, -0.15) is 0 Å². The quantitative estimate of drug-likeness (QED) is 0.170. The van der Waals surface area contributed by atoms with Crippen LogP contribution in [0.5, 0.6) is 17.2 Å². The Labute approximate surface area is 386 Å². The van der Waals surface area contributed by atoms with Gasteiger partial charge >= 0.3 is 6.03 Å². The average molecular weight is 896 g/mol. The van der Waals surface area contributed by atoms with Crippen LogP contribution in [0.15, 0.2) is 72.8 Å². The normalized spacial score (nSPS) is 27.6. The third-order valence-corrected chi connectivity index (χ3v) is 16.5. The Bertz CT molecular complexity index is 2520. The molecule has 4 N–H and O–H groups in total. The third-order valence-electron chi connectivity index (χ3n) is 16.5. The number of amides is 4. The molecule has 7 fully saturated rings. The van der Waals surface area contributed by atoms with Gasteiger partial charge in [0.15, 0.2) is 11.6 Å². The number of carbonyl (C=O) groups excluding carboxylic acids is 3. The van der Waals surface area contributed by atoms with E-state index in [4.69, 9.17) is 15.2 Å². The number of hydrogen-bond donors (Lipinski definition) is 3. The lowest BCUT2D eigenvalue weighted by Crippen LogP contribution is -2.63. The van der Waals surface area contributed by atoms with E-state index in [-0.39, 0.29) is 35.7 Å². The Hall–Kier alpha value is -6.25. The number of urea groups is 1. The molecular weight excluding hydrogens is 835 g/mol. The van der Waals surface area contributed by atoms with E-state index < -0.39 is 5.54 Å². The van der Waals surface area contributed by atoms with Gasteiger partial charge in [-0.25, -0.2) is 4.79 Å². The van der Waals surface area contributed by atoms with Crippen molar-refractivity contribution in [1.82, 2.24) is 25.3 Å². The monoisotopic (exact) mass is 895 g/mol. The number of aromatic hydroxyl groups is 1. The molecule has 15 heteroatoms. The lowest BCUT2D eigenvalue weighted by Gasteiger charge is -2.46. The number of likely N-dealkylation sites (tertiary alicyclic amines) is 1. The average Bonchev–Trinajstić information content (AvgIpc) is 3.84. The van der Waals surface area contributed by atoms with Crippen molar-refractivity contribution in [3.05, 3.63) is 78.4 Å². The zero-order chi connectivity index (χ0) is 45.3. The second kappa shape index (κ2) is 16.9. The third kappa shape index (κ3) is 7.38. The highest BCUT2D eigenvalue weighted by atomic mass is 16.5. The van der Waals surface area contributed by atoms with Crippen LogP contribution in [0.1, 0.15) is 69.8 Å². The van der Waals surface area contributed by atoms with Gasteiger partial charge < -0.3 is 44.8 Å². The van der Waals surface area contributed by atoms with Crippen molar-refractivity contribution in [1.29, 1.82) is 0 Å². The first-order valence-corrected chi connectivity index (χ1v) is 24.1. The Kier molecular flexibility index (Phi) is 10.8. The Morgan fingerprint density at radius 1 is 0.879 bits per heavy atom. The van der Waals surface area contributed by atoms with E-state index in [0.717, 1.165) is 86.8 Å². The molecule has 3 aliphatic carbocycles. The number of rotatable bonds is 8. The van der Waals surface area contributed by atoms with Gasteiger partial charge in [0.25, 0.3) is 5.91 Å². The summed E-state index contributed by atoms with van der Waals surface area (Å²) < 4.78 is 12.9. The van der Waals surface area contributed by atoms with Gasteiger partial charge in [-0.05, 0) is 117 Å². The first kappa shape index (κ1) is 42.4. The Morgan fingerprint density at radius 3 is 2.45 bits per heavy atom. The number of piperidine rings is 3. The van der Waals surface area contributed by atoms with Crippen LogP contribution >= 0.6 is 0 Å². The van der Waals surface area contributed by atoms with E-state index >= 15 is 0 Å². The largest absolute Gasteiger partial charge is 0.507 e. The molecule has 6 atom stereocenters. The van der Waals surface area contributed by atoms with E-state index in [0.29, 0.717) is 85.7 Å². The Balaban J connectivity index is 0.670. The summed E-state index contributed by atoms with van der Waals surface area (Å²) >= 11 is 0. The molecule has 4 bridgehead atoms. The molecule has 4 amide bonds. The van der Waals surface area contributed by atoms with Gasteiger partial charge in [0, 0.05) is 77.2 Å². The van der Waals surface area contributed by atoms with E-state index in [1.165, 1.54) is 12.0 Å². The number of ether oxygens (including phenoxy) is 2. The van der Waals surface area contributed by atoms with Crippen molar-refractivity contribution in [3.8, 4) is 28.5 Å². The van der Waals surface area contributed by atoms with Crippen molar-refractivity contribution in [2.75, 3.05) is 79.9 Å². The van der Waals surface area contributed by atoms with Crippen LogP contribution in [0, 0.1) is 23.7 Å². The van der Waals surface area contributed by atoms with Gasteiger partial charge in [0.1, 0.15) is 29.7 Å². The van der Waals surface area contributed by atoms with Crippen LogP contribution in [0.3, 0.4) is 0 Å². The number of phenolic OH excluding ortho intramolecular Hbond substituents is 1. The molecule has 3 saturated carbocycles. The maximum atomic E-state index is 13.9. The molecular formula is C51H61N9O6. The van der Waals surface area contributed by atoms with Gasteiger partial charge in [0.05, 0.1) is 29.3 Å². The predicted octanol–water partition coefficient (Wildman–Crippen LogP) is 6.27. The highest BCUT2D eigenvalue weighted by molar-refractivity contribution is 6.04. The zero-order valence-electron chi connectivity index (χ0n) is 38.0. The number of fused-ring (bicyclic) bond motifs is 1. The molecule has 12 rings (SSSR count). The first-order valence-electron chi connectivity index (χ1n) is 24.1. The van der Waals surface area contributed by atoms with E-state index in [9.17, 15) is 19.5 Å². The van der Waals surface area contributed by atoms with Crippen molar-refractivity contribution >= 4 is 40.7 Å². The van der Waals surface area contributed by atoms with Crippen molar-refractivity contribution in [3.63, 3.8) is 0 Å². The summed E-state index contributed by atoms with van der Waals surface area (Å²) in [4.78, 5) is 49.7. The number of aromatic nitrogens is 2. The lowest BCUT2D eigenvalue weighted by atomic mass is 9.59. The minimum absolute atomic E-state index is 0.0572. The molecule has 6 heterocycles. The molecule has 2 unspecified atom stereocenters. The molecule has 0 spiro atoms. The molecule has 0 radical (unpaired) electrons. The van der Waals surface area contributed by atoms with Crippen LogP contribution in [0.25, 0.3) is 11.3 Å². The number of para-hydroxylation sites is 2. The number of nitrogen functional groups attached to an aromatic ring is 1. The van der Waals surface area contributed by atoms with E-state index in [2.05, 4.69) is 60.5 Å². The van der Waals surface area contributed by atoms with Crippen LogP contribution in [-0.4, -0.2) is 120 Å². The van der Waals surface area contributed by atoms with Gasteiger partial charge in [-0.1, -0.05) is 30.3 Å². The van der Waals surface area contributed by atoms with Crippen molar-refractivity contribution in [2.45, 2.75) is 81.9 Å². The number of anilines is 4. The maximum absolute atomic E-state index is 13.9. The number of imide groups is 1. The van der Waals surface area contributed by atoms with Gasteiger partial charge in [-0.15, -0.1) is 10.2 Å². The minimum Gasteiger partial charge on any atom is -0.507 e. The van der Waals surface area contributed by atoms with Gasteiger partial charge in [-0.3, -0.25) is 14.9 Å². The summed E-state index contributed by atoms with van der Waals surface area (Å²) in [6.45, 7) is 7.71. The fourth-order valence-corrected chi connectivity index (χ4v) is 12.9. The molecule has 4 aromatic rings. The molecule has 4 saturated heterocycles. The Morgan fingerprint density at radius 2 is 1.65 bits per heavy atom. The number of nitrogens with one attached hydrogen (secondary N) is 1. The summed E-state index contributed by atoms with van der Waals surface area (Å²) in [5, 5.41) is 21.7. The fourth-order valence-electron chi connectivity index (χ4n) is 12.9. The molecule has 1 aromatic heterocycles. The number of nitrogens with two attached hydrogens (primary N) is 1. The van der Waals surface area contributed by atoms with Crippen LogP contribution in [0.4, 0.5) is 27.7 Å². The first-order chi connectivity index (χ1) is 32.0. The van der Waals surface area contributed by atoms with E-state index in [1.54, 1.807) is 12.1 Å². The summed E-state index contributed by atoms with van der Waals surface area (Å²) in [5.74, 6) is 4.93. The molecule has 5 aliphatic heterocycles. The van der Waals surface area contributed by atoms with Crippen molar-refractivity contribution < 1.29 is 29.0 Å². The fraction of sp³-hybridized carbons (Fsp3) is 0.510. The number of benzene rings is 3. The number of hydrogen-bond acceptors (Lipinski definition) is 12. The molecule has 8 aliphatic rings. The minimum atomic E-state index is -0.827. The molecule has 66 heavy (non-hydrogen) atoms. The van der Waals surface area contributed by atoms with Crippen LogP contribution in [0.2, 0.25) is 0 Å². The highest BCUT2D eigenvalue weighted by Crippen LogP contribution is 2.67.